The SMILES string of the molecule is COc1ccc(NC(=O)c2cc3n(n2)[C@H](C(F)(F)F)C[C@@H](c2ccc(Cl)cc2)N3)c(OC)c1. The summed E-state index contributed by atoms with van der Waals surface area (Å²) in [5.41, 5.74) is 0.810. The number of benzene rings is 2. The molecule has 0 spiro atoms. The number of halogens is 4. The number of hydrogen-bond donors (Lipinski definition) is 2. The lowest BCUT2D eigenvalue weighted by Crippen LogP contribution is -2.35. The molecule has 1 aliphatic rings. The molecule has 0 aliphatic carbocycles. The van der Waals surface area contributed by atoms with Gasteiger partial charge < -0.3 is 20.1 Å². The van der Waals surface area contributed by atoms with Crippen LogP contribution in [0.1, 0.15) is 34.6 Å². The van der Waals surface area contributed by atoms with Crippen LogP contribution in [0.4, 0.5) is 24.7 Å². The quantitative estimate of drug-likeness (QED) is 0.506. The number of hydrogen-bond acceptors (Lipinski definition) is 5. The zero-order valence-electron chi connectivity index (χ0n) is 17.6. The maximum absolute atomic E-state index is 13.9. The molecule has 2 aromatic carbocycles. The second-order valence-corrected chi connectivity index (χ2v) is 7.86. The number of aromatic nitrogens is 2. The standard InChI is InChI=1S/C22H20ClF3N4O3/c1-32-14-7-8-15(18(9-14)33-2)28-21(31)17-11-20-27-16(12-3-5-13(23)6-4-12)10-19(22(24,25)26)30(20)29-17/h3-9,11,16,19,27H,10H2,1-2H3,(H,28,31)/t16-,19-/m0/s1. The van der Waals surface area contributed by atoms with Crippen LogP contribution in [-0.4, -0.2) is 36.1 Å². The van der Waals surface area contributed by atoms with Gasteiger partial charge in [0.05, 0.1) is 25.9 Å². The summed E-state index contributed by atoms with van der Waals surface area (Å²) in [5.74, 6) is 0.273. The maximum Gasteiger partial charge on any atom is 0.410 e. The highest BCUT2D eigenvalue weighted by atomic mass is 35.5. The first kappa shape index (κ1) is 22.8. The molecule has 1 aromatic heterocycles. The number of anilines is 2. The molecule has 1 amide bonds. The van der Waals surface area contributed by atoms with Crippen LogP contribution in [0.5, 0.6) is 11.5 Å². The van der Waals surface area contributed by atoms with E-state index in [9.17, 15) is 18.0 Å². The Hall–Kier alpha value is -3.40. The fraction of sp³-hybridized carbons (Fsp3) is 0.273. The number of nitrogens with zero attached hydrogens (tertiary/aromatic N) is 2. The zero-order chi connectivity index (χ0) is 23.8. The van der Waals surface area contributed by atoms with Crippen molar-refractivity contribution >= 4 is 29.0 Å². The predicted molar refractivity (Wildman–Crippen MR) is 117 cm³/mol. The molecule has 7 nitrogen and oxygen atoms in total. The van der Waals surface area contributed by atoms with E-state index in [-0.39, 0.29) is 17.9 Å². The molecule has 0 saturated heterocycles. The van der Waals surface area contributed by atoms with Crippen molar-refractivity contribution in [2.45, 2.75) is 24.7 Å². The van der Waals surface area contributed by atoms with Crippen molar-refractivity contribution in [3.05, 3.63) is 64.8 Å². The van der Waals surface area contributed by atoms with Crippen LogP contribution >= 0.6 is 11.6 Å². The molecule has 4 rings (SSSR count). The highest BCUT2D eigenvalue weighted by molar-refractivity contribution is 6.30. The molecule has 2 N–H and O–H groups in total. The molecule has 0 fully saturated rings. The highest BCUT2D eigenvalue weighted by Crippen LogP contribution is 2.43. The first-order valence-electron chi connectivity index (χ1n) is 9.91. The van der Waals surface area contributed by atoms with E-state index in [2.05, 4.69) is 15.7 Å². The second-order valence-electron chi connectivity index (χ2n) is 7.42. The van der Waals surface area contributed by atoms with Gasteiger partial charge in [-0.15, -0.1) is 0 Å². The third-order valence-corrected chi connectivity index (χ3v) is 5.60. The number of amides is 1. The number of carbonyl (C=O) groups is 1. The van der Waals surface area contributed by atoms with Crippen molar-refractivity contribution in [3.63, 3.8) is 0 Å². The minimum atomic E-state index is -4.56. The van der Waals surface area contributed by atoms with Crippen LogP contribution in [0.25, 0.3) is 0 Å². The van der Waals surface area contributed by atoms with Gasteiger partial charge >= 0.3 is 6.18 Å². The van der Waals surface area contributed by atoms with Crippen molar-refractivity contribution in [1.29, 1.82) is 0 Å². The summed E-state index contributed by atoms with van der Waals surface area (Å²) in [4.78, 5) is 12.8. The Labute approximate surface area is 192 Å². The number of methoxy groups -OCH3 is 2. The molecule has 0 radical (unpaired) electrons. The molecule has 1 aliphatic heterocycles. The molecule has 0 unspecified atom stereocenters. The van der Waals surface area contributed by atoms with Gasteiger partial charge in [-0.3, -0.25) is 4.79 Å². The van der Waals surface area contributed by atoms with Gasteiger partial charge in [-0.1, -0.05) is 23.7 Å². The lowest BCUT2D eigenvalue weighted by Gasteiger charge is -2.33. The van der Waals surface area contributed by atoms with Crippen LogP contribution in [-0.2, 0) is 0 Å². The van der Waals surface area contributed by atoms with E-state index in [1.165, 1.54) is 20.3 Å². The number of ether oxygens (including phenoxy) is 2. The molecular formula is C22H20ClF3N4O3. The van der Waals surface area contributed by atoms with E-state index in [4.69, 9.17) is 21.1 Å². The summed E-state index contributed by atoms with van der Waals surface area (Å²) in [6.07, 6.45) is -4.84. The van der Waals surface area contributed by atoms with Gasteiger partial charge in [0.2, 0.25) is 0 Å². The summed E-state index contributed by atoms with van der Waals surface area (Å²) in [7, 11) is 2.92. The lowest BCUT2D eigenvalue weighted by molar-refractivity contribution is -0.173. The Morgan fingerprint density at radius 3 is 2.52 bits per heavy atom. The number of nitrogens with one attached hydrogen (secondary N) is 2. The van der Waals surface area contributed by atoms with Gasteiger partial charge in [-0.2, -0.15) is 18.3 Å². The maximum atomic E-state index is 13.9. The van der Waals surface area contributed by atoms with Crippen LogP contribution in [0.15, 0.2) is 48.5 Å². The molecule has 0 bridgehead atoms. The van der Waals surface area contributed by atoms with Crippen molar-refractivity contribution in [2.75, 3.05) is 24.9 Å². The first-order chi connectivity index (χ1) is 15.7. The van der Waals surface area contributed by atoms with Gasteiger partial charge in [0.15, 0.2) is 11.7 Å². The van der Waals surface area contributed by atoms with E-state index in [1.807, 2.05) is 0 Å². The zero-order valence-corrected chi connectivity index (χ0v) is 18.4. The predicted octanol–water partition coefficient (Wildman–Crippen LogP) is 5.47. The summed E-state index contributed by atoms with van der Waals surface area (Å²) in [6.45, 7) is 0. The van der Waals surface area contributed by atoms with Crippen LogP contribution < -0.4 is 20.1 Å². The highest BCUT2D eigenvalue weighted by Gasteiger charge is 2.46. The number of fused-ring (bicyclic) bond motifs is 1. The van der Waals surface area contributed by atoms with Gasteiger partial charge in [-0.25, -0.2) is 4.68 Å². The van der Waals surface area contributed by atoms with Crippen molar-refractivity contribution in [3.8, 4) is 11.5 Å². The number of carbonyl (C=O) groups excluding carboxylic acids is 1. The Morgan fingerprint density at radius 1 is 1.15 bits per heavy atom. The van der Waals surface area contributed by atoms with Gasteiger partial charge in [0.1, 0.15) is 17.3 Å². The van der Waals surface area contributed by atoms with Gasteiger partial charge in [-0.05, 0) is 29.8 Å². The fourth-order valence-corrected chi connectivity index (χ4v) is 3.81. The molecular weight excluding hydrogens is 461 g/mol. The first-order valence-corrected chi connectivity index (χ1v) is 10.3. The molecule has 174 valence electrons. The molecule has 3 aromatic rings. The Balaban J connectivity index is 1.63. The Kier molecular flexibility index (Phi) is 6.11. The summed E-state index contributed by atoms with van der Waals surface area (Å²) < 4.78 is 52.8. The third kappa shape index (κ3) is 4.70. The summed E-state index contributed by atoms with van der Waals surface area (Å²) >= 11 is 5.90. The monoisotopic (exact) mass is 480 g/mol. The number of rotatable bonds is 5. The number of alkyl halides is 3. The molecule has 2 heterocycles. The van der Waals surface area contributed by atoms with E-state index >= 15 is 0 Å². The Bertz CT molecular complexity index is 1160. The third-order valence-electron chi connectivity index (χ3n) is 5.35. The average molecular weight is 481 g/mol. The molecule has 11 heteroatoms. The smallest absolute Gasteiger partial charge is 0.410 e. The van der Waals surface area contributed by atoms with Crippen molar-refractivity contribution in [2.24, 2.45) is 0 Å². The van der Waals surface area contributed by atoms with Crippen LogP contribution in [0, 0.1) is 0 Å². The van der Waals surface area contributed by atoms with E-state index < -0.39 is 24.2 Å². The van der Waals surface area contributed by atoms with Crippen molar-refractivity contribution in [1.82, 2.24) is 9.78 Å². The Morgan fingerprint density at radius 2 is 1.88 bits per heavy atom. The largest absolute Gasteiger partial charge is 0.497 e. The van der Waals surface area contributed by atoms with Gasteiger partial charge in [0.25, 0.3) is 5.91 Å². The van der Waals surface area contributed by atoms with E-state index in [0.29, 0.717) is 27.8 Å². The average Bonchev–Trinajstić information content (AvgIpc) is 3.22. The summed E-state index contributed by atoms with van der Waals surface area (Å²) in [6, 6.07) is 10.1. The van der Waals surface area contributed by atoms with E-state index in [0.717, 1.165) is 4.68 Å². The van der Waals surface area contributed by atoms with Crippen molar-refractivity contribution < 1.29 is 27.4 Å². The van der Waals surface area contributed by atoms with E-state index in [1.54, 1.807) is 42.5 Å². The van der Waals surface area contributed by atoms with Gasteiger partial charge in [0, 0.05) is 23.6 Å². The van der Waals surface area contributed by atoms with Crippen LogP contribution in [0.3, 0.4) is 0 Å². The normalized spacial score (nSPS) is 17.6. The van der Waals surface area contributed by atoms with Crippen LogP contribution in [0.2, 0.25) is 5.02 Å². The summed E-state index contributed by atoms with van der Waals surface area (Å²) in [5, 5.41) is 10.1. The lowest BCUT2D eigenvalue weighted by atomic mass is 9.97. The minimum Gasteiger partial charge on any atom is -0.497 e. The topological polar surface area (TPSA) is 77.4 Å². The molecule has 33 heavy (non-hydrogen) atoms. The molecule has 2 atom stereocenters. The fourth-order valence-electron chi connectivity index (χ4n) is 3.69. The molecule has 0 saturated carbocycles. The minimum absolute atomic E-state index is 0.0929. The second kappa shape index (κ2) is 8.86.